The molecule has 0 saturated carbocycles. The number of hydrogen-bond acceptors (Lipinski definition) is 3. The minimum Gasteiger partial charge on any atom is -0.480 e. The molecule has 0 aromatic heterocycles. The van der Waals surface area contributed by atoms with Crippen LogP contribution in [0, 0.1) is 5.92 Å². The molecule has 0 bridgehead atoms. The van der Waals surface area contributed by atoms with E-state index in [1.54, 1.807) is 9.80 Å². The maximum atomic E-state index is 12.5. The summed E-state index contributed by atoms with van der Waals surface area (Å²) in [6.45, 7) is 6.00. The summed E-state index contributed by atoms with van der Waals surface area (Å²) in [6, 6.07) is -0.940. The van der Waals surface area contributed by atoms with Crippen molar-refractivity contribution in [1.29, 1.82) is 0 Å². The number of nitrogens with zero attached hydrogens (tertiary/aromatic N) is 3. The van der Waals surface area contributed by atoms with E-state index >= 15 is 0 Å². The normalized spacial score (nSPS) is 26.7. The molecule has 21 heavy (non-hydrogen) atoms. The SMILES string of the molecule is CC(=O)N1CCN(C(=O)N2CCC(C)CC2C(=O)O)CC1. The number of likely N-dealkylation sites (tertiary alicyclic amines) is 1. The highest BCUT2D eigenvalue weighted by molar-refractivity contribution is 5.83. The molecule has 0 aromatic rings. The number of amides is 3. The summed E-state index contributed by atoms with van der Waals surface area (Å²) in [6.07, 6.45) is 1.34. The number of hydrogen-bond donors (Lipinski definition) is 1. The van der Waals surface area contributed by atoms with Gasteiger partial charge in [0.1, 0.15) is 6.04 Å². The molecular weight excluding hydrogens is 274 g/mol. The summed E-state index contributed by atoms with van der Waals surface area (Å²) in [5, 5.41) is 9.32. The van der Waals surface area contributed by atoms with Crippen molar-refractivity contribution in [1.82, 2.24) is 14.7 Å². The Hall–Kier alpha value is -1.79. The number of piperidine rings is 1. The zero-order valence-electron chi connectivity index (χ0n) is 12.6. The Bertz CT molecular complexity index is 432. The summed E-state index contributed by atoms with van der Waals surface area (Å²) in [5.41, 5.74) is 0. The third-order valence-electron chi connectivity index (χ3n) is 4.39. The number of carboxylic acid groups (broad SMARTS) is 1. The molecule has 0 aliphatic carbocycles. The van der Waals surface area contributed by atoms with Gasteiger partial charge in [-0.15, -0.1) is 0 Å². The third kappa shape index (κ3) is 3.46. The molecule has 1 N–H and O–H groups in total. The lowest BCUT2D eigenvalue weighted by Crippen LogP contribution is -2.58. The fourth-order valence-electron chi connectivity index (χ4n) is 3.00. The lowest BCUT2D eigenvalue weighted by atomic mass is 9.92. The van der Waals surface area contributed by atoms with Crippen LogP contribution >= 0.6 is 0 Å². The zero-order chi connectivity index (χ0) is 15.6. The van der Waals surface area contributed by atoms with Gasteiger partial charge in [0.15, 0.2) is 0 Å². The quantitative estimate of drug-likeness (QED) is 0.762. The summed E-state index contributed by atoms with van der Waals surface area (Å²) in [7, 11) is 0. The maximum absolute atomic E-state index is 12.5. The highest BCUT2D eigenvalue weighted by Gasteiger charge is 2.37. The van der Waals surface area contributed by atoms with Crippen molar-refractivity contribution in [2.24, 2.45) is 5.92 Å². The molecule has 2 rings (SSSR count). The second-order valence-corrected chi connectivity index (χ2v) is 5.95. The molecule has 3 amide bonds. The van der Waals surface area contributed by atoms with Gasteiger partial charge in [-0.1, -0.05) is 6.92 Å². The van der Waals surface area contributed by atoms with Crippen LogP contribution < -0.4 is 0 Å². The minimum absolute atomic E-state index is 0.0114. The Morgan fingerprint density at radius 3 is 2.10 bits per heavy atom. The first kappa shape index (κ1) is 15.6. The highest BCUT2D eigenvalue weighted by Crippen LogP contribution is 2.24. The van der Waals surface area contributed by atoms with Gasteiger partial charge >= 0.3 is 12.0 Å². The average Bonchev–Trinajstić information content (AvgIpc) is 2.46. The minimum atomic E-state index is -0.933. The molecule has 2 fully saturated rings. The second-order valence-electron chi connectivity index (χ2n) is 5.95. The molecule has 0 aromatic carbocycles. The maximum Gasteiger partial charge on any atom is 0.326 e. The van der Waals surface area contributed by atoms with Crippen molar-refractivity contribution in [2.75, 3.05) is 32.7 Å². The number of rotatable bonds is 1. The molecule has 0 spiro atoms. The number of piperazine rings is 1. The van der Waals surface area contributed by atoms with Crippen molar-refractivity contribution < 1.29 is 19.5 Å². The molecule has 2 heterocycles. The predicted octanol–water partition coefficient (Wildman–Crippen LogP) is 0.456. The Kier molecular flexibility index (Phi) is 4.69. The van der Waals surface area contributed by atoms with Crippen LogP contribution in [0.2, 0.25) is 0 Å². The molecule has 2 aliphatic heterocycles. The van der Waals surface area contributed by atoms with Crippen molar-refractivity contribution in [3.63, 3.8) is 0 Å². The van der Waals surface area contributed by atoms with Crippen LogP contribution in [0.15, 0.2) is 0 Å². The van der Waals surface area contributed by atoms with Gasteiger partial charge in [0.25, 0.3) is 0 Å². The van der Waals surface area contributed by atoms with Gasteiger partial charge in [-0.3, -0.25) is 4.79 Å². The van der Waals surface area contributed by atoms with Crippen LogP contribution in [-0.4, -0.2) is 76.5 Å². The second kappa shape index (κ2) is 6.32. The molecule has 7 heteroatoms. The largest absolute Gasteiger partial charge is 0.480 e. The van der Waals surface area contributed by atoms with Crippen LogP contribution in [0.1, 0.15) is 26.7 Å². The number of urea groups is 1. The van der Waals surface area contributed by atoms with E-state index in [0.29, 0.717) is 45.1 Å². The van der Waals surface area contributed by atoms with Crippen molar-refractivity contribution in [3.8, 4) is 0 Å². The highest BCUT2D eigenvalue weighted by atomic mass is 16.4. The van der Waals surface area contributed by atoms with E-state index in [2.05, 4.69) is 0 Å². The Balaban J connectivity index is 1.99. The van der Waals surface area contributed by atoms with Gasteiger partial charge in [0.05, 0.1) is 0 Å². The van der Waals surface area contributed by atoms with Crippen molar-refractivity contribution >= 4 is 17.9 Å². The van der Waals surface area contributed by atoms with Gasteiger partial charge in [-0.25, -0.2) is 9.59 Å². The lowest BCUT2D eigenvalue weighted by Gasteiger charge is -2.41. The Morgan fingerprint density at radius 1 is 1.00 bits per heavy atom. The van der Waals surface area contributed by atoms with Crippen LogP contribution in [0.4, 0.5) is 4.79 Å². The van der Waals surface area contributed by atoms with Crippen LogP contribution in [0.3, 0.4) is 0 Å². The van der Waals surface area contributed by atoms with Gasteiger partial charge in [0.2, 0.25) is 5.91 Å². The lowest BCUT2D eigenvalue weighted by molar-refractivity contribution is -0.144. The average molecular weight is 297 g/mol. The predicted molar refractivity (Wildman–Crippen MR) is 75.8 cm³/mol. The van der Waals surface area contributed by atoms with Crippen LogP contribution in [0.5, 0.6) is 0 Å². The number of aliphatic carboxylic acids is 1. The van der Waals surface area contributed by atoms with E-state index in [1.807, 2.05) is 6.92 Å². The fourth-order valence-corrected chi connectivity index (χ4v) is 3.00. The van der Waals surface area contributed by atoms with E-state index in [-0.39, 0.29) is 11.9 Å². The van der Waals surface area contributed by atoms with E-state index in [9.17, 15) is 19.5 Å². The van der Waals surface area contributed by atoms with Gasteiger partial charge in [-0.05, 0) is 18.8 Å². The van der Waals surface area contributed by atoms with Crippen LogP contribution in [-0.2, 0) is 9.59 Å². The first-order chi connectivity index (χ1) is 9.90. The van der Waals surface area contributed by atoms with E-state index in [0.717, 1.165) is 6.42 Å². The summed E-state index contributed by atoms with van der Waals surface area (Å²) in [5.74, 6) is -0.598. The van der Waals surface area contributed by atoms with Gasteiger partial charge in [-0.2, -0.15) is 0 Å². The summed E-state index contributed by atoms with van der Waals surface area (Å²) < 4.78 is 0. The molecule has 118 valence electrons. The molecule has 2 saturated heterocycles. The standard InChI is InChI=1S/C14H23N3O4/c1-10-3-4-17(12(9-10)13(19)20)14(21)16-7-5-15(6-8-16)11(2)18/h10,12H,3-9H2,1-2H3,(H,19,20). The first-order valence-electron chi connectivity index (χ1n) is 7.44. The number of carbonyl (C=O) groups excluding carboxylic acids is 2. The van der Waals surface area contributed by atoms with Gasteiger partial charge < -0.3 is 19.8 Å². The monoisotopic (exact) mass is 297 g/mol. The summed E-state index contributed by atoms with van der Waals surface area (Å²) >= 11 is 0. The Morgan fingerprint density at radius 2 is 1.57 bits per heavy atom. The molecule has 2 atom stereocenters. The van der Waals surface area contributed by atoms with Crippen molar-refractivity contribution in [2.45, 2.75) is 32.7 Å². The van der Waals surface area contributed by atoms with Gasteiger partial charge in [0, 0.05) is 39.6 Å². The molecular formula is C14H23N3O4. The fraction of sp³-hybridized carbons (Fsp3) is 0.786. The first-order valence-corrected chi connectivity index (χ1v) is 7.44. The van der Waals surface area contributed by atoms with Crippen molar-refractivity contribution in [3.05, 3.63) is 0 Å². The molecule has 2 aliphatic rings. The third-order valence-corrected chi connectivity index (χ3v) is 4.39. The molecule has 0 radical (unpaired) electrons. The number of carbonyl (C=O) groups is 3. The van der Waals surface area contributed by atoms with Crippen LogP contribution in [0.25, 0.3) is 0 Å². The number of carboxylic acids is 1. The summed E-state index contributed by atoms with van der Waals surface area (Å²) in [4.78, 5) is 40.0. The van der Waals surface area contributed by atoms with E-state index in [4.69, 9.17) is 0 Å². The zero-order valence-corrected chi connectivity index (χ0v) is 12.6. The smallest absolute Gasteiger partial charge is 0.326 e. The Labute approximate surface area is 124 Å². The van der Waals surface area contributed by atoms with E-state index < -0.39 is 12.0 Å². The topological polar surface area (TPSA) is 81.2 Å². The molecule has 7 nitrogen and oxygen atoms in total. The van der Waals surface area contributed by atoms with E-state index in [1.165, 1.54) is 11.8 Å². The molecule has 2 unspecified atom stereocenters.